The van der Waals surface area contributed by atoms with E-state index >= 15 is 0 Å². The van der Waals surface area contributed by atoms with Crippen LogP contribution in [0.25, 0.3) is 44.8 Å². The molecule has 0 aliphatic carbocycles. The third-order valence-corrected chi connectivity index (χ3v) is 6.66. The molecule has 2 aromatic heterocycles. The van der Waals surface area contributed by atoms with Gasteiger partial charge in [0.15, 0.2) is 0 Å². The van der Waals surface area contributed by atoms with E-state index in [9.17, 15) is 0 Å². The van der Waals surface area contributed by atoms with Crippen LogP contribution in [0.4, 0.5) is 11.4 Å². The summed E-state index contributed by atoms with van der Waals surface area (Å²) < 4.78 is 0. The van der Waals surface area contributed by atoms with Crippen LogP contribution in [-0.4, -0.2) is 16.2 Å². The van der Waals surface area contributed by atoms with Crippen LogP contribution < -0.4 is 5.32 Å². The lowest BCUT2D eigenvalue weighted by Gasteiger charge is -2.13. The summed E-state index contributed by atoms with van der Waals surface area (Å²) in [5, 5.41) is 11.4. The predicted octanol–water partition coefficient (Wildman–Crippen LogP) is 8.89. The smallest absolute Gasteiger partial charge is 0.0715 e. The lowest BCUT2D eigenvalue weighted by Crippen LogP contribution is -1.96. The second kappa shape index (κ2) is 11.0. The standard InChI is InChI=1S/C35H26N4/c36-24-31-21-28(14-15-33(31)38-32-16-18-37-19-17-32)27-12-7-13-29(20-27)35-23-30(25-8-3-1-4-9-25)22-34(39-35)26-10-5-2-6-11-26/h1-24,36H,(H,37,38). The topological polar surface area (TPSA) is 61.7 Å². The summed E-state index contributed by atoms with van der Waals surface area (Å²) in [6, 6.07) is 43.4. The summed E-state index contributed by atoms with van der Waals surface area (Å²) in [6.45, 7) is 0. The van der Waals surface area contributed by atoms with Crippen molar-refractivity contribution in [3.05, 3.63) is 145 Å². The minimum absolute atomic E-state index is 0.810. The lowest BCUT2D eigenvalue weighted by atomic mass is 9.97. The molecule has 6 aromatic rings. The summed E-state index contributed by atoms with van der Waals surface area (Å²) in [5.74, 6) is 0. The Morgan fingerprint density at radius 1 is 0.513 bits per heavy atom. The van der Waals surface area contributed by atoms with Crippen molar-refractivity contribution < 1.29 is 0 Å². The molecule has 6 rings (SSSR count). The first-order valence-electron chi connectivity index (χ1n) is 12.8. The Morgan fingerprint density at radius 2 is 1.13 bits per heavy atom. The maximum Gasteiger partial charge on any atom is 0.0715 e. The second-order valence-electron chi connectivity index (χ2n) is 9.25. The maximum atomic E-state index is 8.01. The SMILES string of the molecule is N=Cc1cc(-c2cccc(-c3cc(-c4ccccc4)cc(-c4ccccc4)n3)c2)ccc1Nc1ccncc1. The van der Waals surface area contributed by atoms with Crippen LogP contribution in [0.3, 0.4) is 0 Å². The summed E-state index contributed by atoms with van der Waals surface area (Å²) in [5.41, 5.74) is 11.0. The van der Waals surface area contributed by atoms with E-state index < -0.39 is 0 Å². The highest BCUT2D eigenvalue weighted by molar-refractivity contribution is 5.90. The number of nitrogens with one attached hydrogen (secondary N) is 2. The normalized spacial score (nSPS) is 10.7. The number of hydrogen-bond donors (Lipinski definition) is 2. The van der Waals surface area contributed by atoms with E-state index in [1.54, 1.807) is 12.4 Å². The minimum atomic E-state index is 0.810. The van der Waals surface area contributed by atoms with Crippen molar-refractivity contribution in [3.8, 4) is 44.8 Å². The third-order valence-electron chi connectivity index (χ3n) is 6.66. The molecule has 0 aliphatic rings. The first-order chi connectivity index (χ1) is 19.3. The molecule has 0 saturated carbocycles. The van der Waals surface area contributed by atoms with Gasteiger partial charge in [-0.3, -0.25) is 4.98 Å². The molecule has 4 nitrogen and oxygen atoms in total. The highest BCUT2D eigenvalue weighted by Gasteiger charge is 2.11. The van der Waals surface area contributed by atoms with Crippen molar-refractivity contribution in [2.24, 2.45) is 0 Å². The zero-order valence-corrected chi connectivity index (χ0v) is 21.3. The molecular formula is C35H26N4. The number of pyridine rings is 2. The number of hydrogen-bond acceptors (Lipinski definition) is 4. The van der Waals surface area contributed by atoms with Crippen LogP contribution in [0.5, 0.6) is 0 Å². The predicted molar refractivity (Wildman–Crippen MR) is 161 cm³/mol. The fraction of sp³-hybridized carbons (Fsp3) is 0. The molecule has 39 heavy (non-hydrogen) atoms. The van der Waals surface area contributed by atoms with Gasteiger partial charge in [-0.15, -0.1) is 0 Å². The fourth-order valence-corrected chi connectivity index (χ4v) is 4.66. The van der Waals surface area contributed by atoms with E-state index in [0.29, 0.717) is 0 Å². The van der Waals surface area contributed by atoms with Crippen molar-refractivity contribution in [1.29, 1.82) is 5.41 Å². The molecule has 4 heteroatoms. The van der Waals surface area contributed by atoms with Crippen LogP contribution >= 0.6 is 0 Å². The average molecular weight is 503 g/mol. The molecule has 0 fully saturated rings. The molecule has 0 spiro atoms. The zero-order valence-electron chi connectivity index (χ0n) is 21.3. The van der Waals surface area contributed by atoms with Crippen molar-refractivity contribution >= 4 is 17.6 Å². The van der Waals surface area contributed by atoms with E-state index in [-0.39, 0.29) is 0 Å². The Labute approximate surface area is 228 Å². The van der Waals surface area contributed by atoms with Gasteiger partial charge in [-0.25, -0.2) is 4.98 Å². The molecule has 0 radical (unpaired) electrons. The Bertz CT molecular complexity index is 1670. The molecule has 0 aliphatic heterocycles. The molecule has 0 bridgehead atoms. The van der Waals surface area contributed by atoms with Gasteiger partial charge in [-0.05, 0) is 64.7 Å². The number of anilines is 2. The second-order valence-corrected chi connectivity index (χ2v) is 9.25. The molecule has 2 heterocycles. The van der Waals surface area contributed by atoms with Crippen LogP contribution in [0.2, 0.25) is 0 Å². The van der Waals surface area contributed by atoms with Gasteiger partial charge in [0.1, 0.15) is 0 Å². The zero-order chi connectivity index (χ0) is 26.4. The first kappa shape index (κ1) is 24.0. The van der Waals surface area contributed by atoms with Gasteiger partial charge in [-0.2, -0.15) is 0 Å². The number of aromatic nitrogens is 2. The quantitative estimate of drug-likeness (QED) is 0.214. The molecule has 0 saturated heterocycles. The Morgan fingerprint density at radius 3 is 1.85 bits per heavy atom. The molecule has 4 aromatic carbocycles. The molecule has 0 amide bonds. The highest BCUT2D eigenvalue weighted by atomic mass is 14.9. The van der Waals surface area contributed by atoms with Gasteiger partial charge < -0.3 is 10.7 Å². The van der Waals surface area contributed by atoms with Gasteiger partial charge in [0.05, 0.1) is 11.4 Å². The van der Waals surface area contributed by atoms with E-state index in [2.05, 4.69) is 89.2 Å². The highest BCUT2D eigenvalue weighted by Crippen LogP contribution is 2.33. The van der Waals surface area contributed by atoms with E-state index in [4.69, 9.17) is 10.4 Å². The number of benzene rings is 4. The van der Waals surface area contributed by atoms with Crippen LogP contribution in [0.1, 0.15) is 5.56 Å². The van der Waals surface area contributed by atoms with Gasteiger partial charge in [0.2, 0.25) is 0 Å². The van der Waals surface area contributed by atoms with Crippen molar-refractivity contribution in [2.75, 3.05) is 5.32 Å². The third kappa shape index (κ3) is 5.36. The van der Waals surface area contributed by atoms with Crippen molar-refractivity contribution in [1.82, 2.24) is 9.97 Å². The molecule has 0 unspecified atom stereocenters. The molecule has 0 atom stereocenters. The van der Waals surface area contributed by atoms with Gasteiger partial charge >= 0.3 is 0 Å². The summed E-state index contributed by atoms with van der Waals surface area (Å²) in [6.07, 6.45) is 4.88. The van der Waals surface area contributed by atoms with Crippen molar-refractivity contribution in [2.45, 2.75) is 0 Å². The lowest BCUT2D eigenvalue weighted by molar-refractivity contribution is 1.32. The van der Waals surface area contributed by atoms with E-state index in [1.165, 1.54) is 6.21 Å². The molecule has 2 N–H and O–H groups in total. The van der Waals surface area contributed by atoms with Crippen LogP contribution in [-0.2, 0) is 0 Å². The summed E-state index contributed by atoms with van der Waals surface area (Å²) in [7, 11) is 0. The maximum absolute atomic E-state index is 8.01. The van der Waals surface area contributed by atoms with E-state index in [0.717, 1.165) is 61.7 Å². The largest absolute Gasteiger partial charge is 0.355 e. The van der Waals surface area contributed by atoms with Gasteiger partial charge in [0, 0.05) is 46.7 Å². The van der Waals surface area contributed by atoms with E-state index in [1.807, 2.05) is 48.5 Å². The Kier molecular flexibility index (Phi) is 6.74. The fourth-order valence-electron chi connectivity index (χ4n) is 4.66. The van der Waals surface area contributed by atoms with Crippen LogP contribution in [0.15, 0.2) is 140 Å². The Balaban J connectivity index is 1.40. The average Bonchev–Trinajstić information content (AvgIpc) is 3.02. The summed E-state index contributed by atoms with van der Waals surface area (Å²) >= 11 is 0. The summed E-state index contributed by atoms with van der Waals surface area (Å²) in [4.78, 5) is 9.15. The first-order valence-corrected chi connectivity index (χ1v) is 12.8. The molecular weight excluding hydrogens is 476 g/mol. The number of nitrogens with zero attached hydrogens (tertiary/aromatic N) is 2. The van der Waals surface area contributed by atoms with Gasteiger partial charge in [0.25, 0.3) is 0 Å². The number of rotatable bonds is 7. The Hall–Kier alpha value is -5.35. The monoisotopic (exact) mass is 502 g/mol. The minimum Gasteiger partial charge on any atom is -0.355 e. The molecule has 186 valence electrons. The van der Waals surface area contributed by atoms with Gasteiger partial charge in [-0.1, -0.05) is 84.9 Å². The van der Waals surface area contributed by atoms with Crippen LogP contribution in [0, 0.1) is 5.41 Å². The van der Waals surface area contributed by atoms with Crippen molar-refractivity contribution in [3.63, 3.8) is 0 Å².